The predicted molar refractivity (Wildman–Crippen MR) is 92.7 cm³/mol. The number of thiocarbonyl (C=S) groups is 1. The SMILES string of the molecule is Fc1ccnc2c1OCC/C2=N/NC(=S)N1CCN(C2CC2)CC1. The molecule has 128 valence electrons. The number of rotatable bonds is 2. The number of fused-ring (bicyclic) bond motifs is 1. The van der Waals surface area contributed by atoms with Crippen molar-refractivity contribution in [3.8, 4) is 5.75 Å². The summed E-state index contributed by atoms with van der Waals surface area (Å²) in [5, 5.41) is 4.98. The first-order chi connectivity index (χ1) is 11.7. The highest BCUT2D eigenvalue weighted by molar-refractivity contribution is 7.80. The van der Waals surface area contributed by atoms with Crippen LogP contribution in [0.2, 0.25) is 0 Å². The van der Waals surface area contributed by atoms with Gasteiger partial charge in [0.25, 0.3) is 0 Å². The van der Waals surface area contributed by atoms with E-state index in [1.165, 1.54) is 25.1 Å². The highest BCUT2D eigenvalue weighted by Gasteiger charge is 2.31. The predicted octanol–water partition coefficient (Wildman–Crippen LogP) is 1.36. The Kier molecular flexibility index (Phi) is 4.32. The Morgan fingerprint density at radius 1 is 1.33 bits per heavy atom. The lowest BCUT2D eigenvalue weighted by Gasteiger charge is -2.35. The van der Waals surface area contributed by atoms with Crippen molar-refractivity contribution in [2.75, 3.05) is 32.8 Å². The van der Waals surface area contributed by atoms with Crippen LogP contribution >= 0.6 is 12.2 Å². The van der Waals surface area contributed by atoms with Crippen molar-refractivity contribution in [3.05, 3.63) is 23.8 Å². The van der Waals surface area contributed by atoms with Crippen LogP contribution in [0, 0.1) is 5.82 Å². The first-order valence-electron chi connectivity index (χ1n) is 8.35. The molecule has 0 bridgehead atoms. The van der Waals surface area contributed by atoms with Crippen molar-refractivity contribution in [2.24, 2.45) is 5.10 Å². The number of halogens is 1. The second-order valence-corrected chi connectivity index (χ2v) is 6.69. The van der Waals surface area contributed by atoms with E-state index in [9.17, 15) is 4.39 Å². The lowest BCUT2D eigenvalue weighted by molar-refractivity contribution is 0.173. The van der Waals surface area contributed by atoms with Crippen molar-refractivity contribution >= 4 is 23.0 Å². The van der Waals surface area contributed by atoms with E-state index in [0.717, 1.165) is 32.2 Å². The molecule has 0 atom stereocenters. The third-order valence-electron chi connectivity index (χ3n) is 4.67. The fourth-order valence-electron chi connectivity index (χ4n) is 3.16. The minimum absolute atomic E-state index is 0.174. The molecule has 2 aliphatic heterocycles. The lowest BCUT2D eigenvalue weighted by Crippen LogP contribution is -2.51. The van der Waals surface area contributed by atoms with Crippen LogP contribution in [0.1, 0.15) is 25.0 Å². The molecule has 6 nitrogen and oxygen atoms in total. The van der Waals surface area contributed by atoms with Gasteiger partial charge in [-0.15, -0.1) is 0 Å². The summed E-state index contributed by atoms with van der Waals surface area (Å²) >= 11 is 5.45. The Bertz CT molecular complexity index is 670. The van der Waals surface area contributed by atoms with E-state index >= 15 is 0 Å². The molecule has 1 saturated carbocycles. The van der Waals surface area contributed by atoms with Gasteiger partial charge in [0, 0.05) is 44.8 Å². The van der Waals surface area contributed by atoms with Crippen molar-refractivity contribution in [2.45, 2.75) is 25.3 Å². The average Bonchev–Trinajstić information content (AvgIpc) is 3.45. The van der Waals surface area contributed by atoms with Crippen molar-refractivity contribution in [1.29, 1.82) is 0 Å². The maximum absolute atomic E-state index is 13.8. The number of hydrogen-bond donors (Lipinski definition) is 1. The summed E-state index contributed by atoms with van der Waals surface area (Å²) in [5.41, 5.74) is 4.08. The van der Waals surface area contributed by atoms with E-state index in [2.05, 4.69) is 25.3 Å². The topological polar surface area (TPSA) is 53.0 Å². The maximum Gasteiger partial charge on any atom is 0.189 e. The molecular weight excluding hydrogens is 329 g/mol. The smallest absolute Gasteiger partial charge is 0.189 e. The fraction of sp³-hybridized carbons (Fsp3) is 0.562. The van der Waals surface area contributed by atoms with E-state index in [4.69, 9.17) is 17.0 Å². The van der Waals surface area contributed by atoms with Crippen LogP contribution in [0.4, 0.5) is 4.39 Å². The molecule has 1 N–H and O–H groups in total. The second-order valence-electron chi connectivity index (χ2n) is 6.30. The highest BCUT2D eigenvalue weighted by atomic mass is 32.1. The van der Waals surface area contributed by atoms with Crippen LogP contribution in [0.15, 0.2) is 17.4 Å². The van der Waals surface area contributed by atoms with Crippen molar-refractivity contribution in [1.82, 2.24) is 20.2 Å². The molecule has 1 saturated heterocycles. The number of aromatic nitrogens is 1. The van der Waals surface area contributed by atoms with Gasteiger partial charge in [0.15, 0.2) is 16.7 Å². The molecule has 0 unspecified atom stereocenters. The number of nitrogens with one attached hydrogen (secondary N) is 1. The van der Waals surface area contributed by atoms with Gasteiger partial charge in [0.05, 0.1) is 12.3 Å². The van der Waals surface area contributed by atoms with E-state index in [1.807, 2.05) is 0 Å². The zero-order chi connectivity index (χ0) is 16.5. The summed E-state index contributed by atoms with van der Waals surface area (Å²) in [4.78, 5) is 8.86. The molecule has 0 aromatic carbocycles. The third kappa shape index (κ3) is 3.21. The van der Waals surface area contributed by atoms with Gasteiger partial charge in [0.1, 0.15) is 5.69 Å². The molecule has 0 spiro atoms. The van der Waals surface area contributed by atoms with Crippen molar-refractivity contribution < 1.29 is 9.13 Å². The number of hydrazone groups is 1. The first kappa shape index (κ1) is 15.7. The average molecular weight is 349 g/mol. The summed E-state index contributed by atoms with van der Waals surface area (Å²) in [7, 11) is 0. The largest absolute Gasteiger partial charge is 0.488 e. The molecule has 3 heterocycles. The number of nitrogens with zero attached hydrogens (tertiary/aromatic N) is 4. The summed E-state index contributed by atoms with van der Waals surface area (Å²) in [6.07, 6.45) is 4.67. The Hall–Kier alpha value is -1.80. The number of hydrogen-bond acceptors (Lipinski definition) is 5. The zero-order valence-corrected chi connectivity index (χ0v) is 14.2. The van der Waals surface area contributed by atoms with Gasteiger partial charge in [-0.05, 0) is 31.1 Å². The van der Waals surface area contributed by atoms with E-state index in [1.54, 1.807) is 0 Å². The van der Waals surface area contributed by atoms with Crippen LogP contribution < -0.4 is 10.2 Å². The molecule has 1 aliphatic carbocycles. The van der Waals surface area contributed by atoms with Gasteiger partial charge < -0.3 is 9.64 Å². The summed E-state index contributed by atoms with van der Waals surface area (Å²) in [5.74, 6) is -0.237. The van der Waals surface area contributed by atoms with Crippen LogP contribution in [-0.4, -0.2) is 64.4 Å². The molecule has 1 aromatic heterocycles. The fourth-order valence-corrected chi connectivity index (χ4v) is 3.39. The summed E-state index contributed by atoms with van der Waals surface area (Å²) in [6, 6.07) is 2.09. The zero-order valence-electron chi connectivity index (χ0n) is 13.4. The van der Waals surface area contributed by atoms with Gasteiger partial charge in [-0.2, -0.15) is 5.10 Å². The third-order valence-corrected chi connectivity index (χ3v) is 5.02. The molecular formula is C16H20FN5OS. The van der Waals surface area contributed by atoms with Gasteiger partial charge in [-0.3, -0.25) is 15.3 Å². The molecule has 4 rings (SSSR count). The normalized spacial score (nSPS) is 22.9. The molecule has 0 amide bonds. The van der Waals surface area contributed by atoms with E-state index in [0.29, 0.717) is 29.5 Å². The highest BCUT2D eigenvalue weighted by Crippen LogP contribution is 2.27. The summed E-state index contributed by atoms with van der Waals surface area (Å²) in [6.45, 7) is 4.32. The molecule has 3 aliphatic rings. The standard InChI is InChI=1S/C16H20FN5OS/c17-12-3-5-18-14-13(4-10-23-15(12)14)19-20-16(24)22-8-6-21(7-9-22)11-1-2-11/h3,5,11H,1-2,4,6-10H2,(H,20,24)/b19-13-. The quantitative estimate of drug-likeness (QED) is 0.643. The van der Waals surface area contributed by atoms with E-state index in [-0.39, 0.29) is 5.75 Å². The Morgan fingerprint density at radius 3 is 2.88 bits per heavy atom. The van der Waals surface area contributed by atoms with Crippen LogP contribution in [0.3, 0.4) is 0 Å². The van der Waals surface area contributed by atoms with E-state index < -0.39 is 5.82 Å². The molecule has 2 fully saturated rings. The number of pyridine rings is 1. The second kappa shape index (κ2) is 6.60. The van der Waals surface area contributed by atoms with Crippen molar-refractivity contribution in [3.63, 3.8) is 0 Å². The minimum Gasteiger partial charge on any atom is -0.488 e. The molecule has 8 heteroatoms. The Labute approximate surface area is 145 Å². The maximum atomic E-state index is 13.8. The monoisotopic (exact) mass is 349 g/mol. The summed E-state index contributed by atoms with van der Waals surface area (Å²) < 4.78 is 19.1. The minimum atomic E-state index is -0.411. The molecule has 0 radical (unpaired) electrons. The van der Waals surface area contributed by atoms with Gasteiger partial charge in [0.2, 0.25) is 0 Å². The Balaban J connectivity index is 1.39. The molecule has 24 heavy (non-hydrogen) atoms. The number of ether oxygens (including phenoxy) is 1. The van der Waals surface area contributed by atoms with Crippen LogP contribution in [-0.2, 0) is 0 Å². The number of piperazine rings is 1. The van der Waals surface area contributed by atoms with Gasteiger partial charge >= 0.3 is 0 Å². The van der Waals surface area contributed by atoms with Crippen LogP contribution in [0.5, 0.6) is 5.75 Å². The van der Waals surface area contributed by atoms with Gasteiger partial charge in [-0.1, -0.05) is 0 Å². The lowest BCUT2D eigenvalue weighted by atomic mass is 10.1. The first-order valence-corrected chi connectivity index (χ1v) is 8.76. The van der Waals surface area contributed by atoms with Crippen LogP contribution in [0.25, 0.3) is 0 Å². The Morgan fingerprint density at radius 2 is 2.12 bits per heavy atom. The van der Waals surface area contributed by atoms with Gasteiger partial charge in [-0.25, -0.2) is 4.39 Å². The molecule has 1 aromatic rings.